The van der Waals surface area contributed by atoms with E-state index < -0.39 is 5.97 Å². The molecule has 0 atom stereocenters. The lowest BCUT2D eigenvalue weighted by Crippen LogP contribution is -2.07. The predicted octanol–water partition coefficient (Wildman–Crippen LogP) is 2.10. The molecule has 5 nitrogen and oxygen atoms in total. The van der Waals surface area contributed by atoms with Crippen LogP contribution in [0.2, 0.25) is 0 Å². The molecule has 84 valence electrons. The summed E-state index contributed by atoms with van der Waals surface area (Å²) < 4.78 is 9.94. The lowest BCUT2D eigenvalue weighted by Gasteiger charge is -2.01. The van der Waals surface area contributed by atoms with Crippen molar-refractivity contribution >= 4 is 17.1 Å². The van der Waals surface area contributed by atoms with Gasteiger partial charge in [0.2, 0.25) is 0 Å². The minimum atomic E-state index is -0.433. The first kappa shape index (κ1) is 10.6. The molecule has 0 amide bonds. The summed E-state index contributed by atoms with van der Waals surface area (Å²) in [5.74, 6) is -0.433. The van der Waals surface area contributed by atoms with Gasteiger partial charge in [-0.05, 0) is 25.5 Å². The van der Waals surface area contributed by atoms with E-state index in [4.69, 9.17) is 9.26 Å². The van der Waals surface area contributed by atoms with Gasteiger partial charge in [-0.15, -0.1) is 0 Å². The number of hydrogen-bond donors (Lipinski definition) is 0. The van der Waals surface area contributed by atoms with Gasteiger partial charge in [0.15, 0.2) is 5.69 Å². The highest BCUT2D eigenvalue weighted by Gasteiger charge is 2.12. The number of aryl methyl sites for hydroxylation is 1. The molecule has 2 heterocycles. The predicted molar refractivity (Wildman–Crippen MR) is 57.1 cm³/mol. The maximum absolute atomic E-state index is 11.5. The normalized spacial score (nSPS) is 10.6. The van der Waals surface area contributed by atoms with Crippen LogP contribution in [0.3, 0.4) is 0 Å². The van der Waals surface area contributed by atoms with Crippen molar-refractivity contribution in [3.63, 3.8) is 0 Å². The van der Waals surface area contributed by atoms with Crippen LogP contribution in [0.5, 0.6) is 0 Å². The van der Waals surface area contributed by atoms with Crippen molar-refractivity contribution in [3.05, 3.63) is 23.5 Å². The first-order valence-corrected chi connectivity index (χ1v) is 5.12. The maximum atomic E-state index is 11.5. The third-order valence-corrected chi connectivity index (χ3v) is 2.17. The van der Waals surface area contributed by atoms with Gasteiger partial charge in [-0.25, -0.2) is 9.78 Å². The number of fused-ring (bicyclic) bond motifs is 1. The number of ether oxygens (including phenoxy) is 1. The third kappa shape index (κ3) is 1.88. The van der Waals surface area contributed by atoms with Crippen LogP contribution in [0.4, 0.5) is 0 Å². The standard InChI is InChI=1S/C11H12N2O3/c1-3-6-15-11(14)9-5-4-8-7(2)13-16-10(8)12-9/h4-5H,3,6H2,1-2H3. The van der Waals surface area contributed by atoms with Crippen LogP contribution < -0.4 is 0 Å². The minimum Gasteiger partial charge on any atom is -0.461 e. The van der Waals surface area contributed by atoms with Crippen molar-refractivity contribution in [1.82, 2.24) is 10.1 Å². The molecule has 0 spiro atoms. The molecule has 0 N–H and O–H groups in total. The second-order valence-corrected chi connectivity index (χ2v) is 3.45. The number of rotatable bonds is 3. The summed E-state index contributed by atoms with van der Waals surface area (Å²) in [6.07, 6.45) is 0.787. The van der Waals surface area contributed by atoms with E-state index in [1.54, 1.807) is 12.1 Å². The number of hydrogen-bond acceptors (Lipinski definition) is 5. The Morgan fingerprint density at radius 2 is 2.31 bits per heavy atom. The van der Waals surface area contributed by atoms with E-state index >= 15 is 0 Å². The highest BCUT2D eigenvalue weighted by molar-refractivity contribution is 5.90. The van der Waals surface area contributed by atoms with Crippen LogP contribution in [0.25, 0.3) is 11.1 Å². The fraction of sp³-hybridized carbons (Fsp3) is 0.364. The zero-order valence-corrected chi connectivity index (χ0v) is 9.19. The topological polar surface area (TPSA) is 65.2 Å². The lowest BCUT2D eigenvalue weighted by molar-refractivity contribution is 0.0498. The molecule has 16 heavy (non-hydrogen) atoms. The van der Waals surface area contributed by atoms with Crippen LogP contribution in [0.1, 0.15) is 29.5 Å². The number of nitrogens with zero attached hydrogens (tertiary/aromatic N) is 2. The van der Waals surface area contributed by atoms with E-state index in [9.17, 15) is 4.79 Å². The number of esters is 1. The molecule has 0 saturated carbocycles. The van der Waals surface area contributed by atoms with Crippen molar-refractivity contribution in [2.24, 2.45) is 0 Å². The van der Waals surface area contributed by atoms with Crippen molar-refractivity contribution < 1.29 is 14.1 Å². The molecule has 0 aliphatic carbocycles. The highest BCUT2D eigenvalue weighted by Crippen LogP contribution is 2.16. The second kappa shape index (κ2) is 4.30. The molecule has 0 aliphatic heterocycles. The summed E-state index contributed by atoms with van der Waals surface area (Å²) in [5, 5.41) is 4.58. The summed E-state index contributed by atoms with van der Waals surface area (Å²) in [7, 11) is 0. The van der Waals surface area contributed by atoms with Gasteiger partial charge in [0.25, 0.3) is 5.71 Å². The molecule has 5 heteroatoms. The molecular weight excluding hydrogens is 208 g/mol. The molecular formula is C11H12N2O3. The molecule has 0 aromatic carbocycles. The van der Waals surface area contributed by atoms with E-state index in [2.05, 4.69) is 10.1 Å². The first-order chi connectivity index (χ1) is 7.72. The van der Waals surface area contributed by atoms with Crippen LogP contribution in [0.15, 0.2) is 16.7 Å². The average molecular weight is 220 g/mol. The molecule has 0 radical (unpaired) electrons. The van der Waals surface area contributed by atoms with Crippen molar-refractivity contribution in [2.45, 2.75) is 20.3 Å². The number of carbonyl (C=O) groups is 1. The van der Waals surface area contributed by atoms with Crippen molar-refractivity contribution in [2.75, 3.05) is 6.61 Å². The Balaban J connectivity index is 2.29. The average Bonchev–Trinajstić information content (AvgIpc) is 2.67. The fourth-order valence-corrected chi connectivity index (χ4v) is 1.33. The fourth-order valence-electron chi connectivity index (χ4n) is 1.33. The molecule has 2 rings (SSSR count). The van der Waals surface area contributed by atoms with Gasteiger partial charge in [-0.1, -0.05) is 12.1 Å². The lowest BCUT2D eigenvalue weighted by atomic mass is 10.2. The van der Waals surface area contributed by atoms with E-state index in [0.717, 1.165) is 17.5 Å². The summed E-state index contributed by atoms with van der Waals surface area (Å²) in [4.78, 5) is 15.6. The van der Waals surface area contributed by atoms with E-state index in [-0.39, 0.29) is 5.69 Å². The quantitative estimate of drug-likeness (QED) is 0.741. The smallest absolute Gasteiger partial charge is 0.357 e. The molecule has 0 fully saturated rings. The molecule has 0 bridgehead atoms. The summed E-state index contributed by atoms with van der Waals surface area (Å²) in [6.45, 7) is 4.15. The maximum Gasteiger partial charge on any atom is 0.357 e. The van der Waals surface area contributed by atoms with Gasteiger partial charge >= 0.3 is 5.97 Å². The van der Waals surface area contributed by atoms with Crippen molar-refractivity contribution in [3.8, 4) is 0 Å². The van der Waals surface area contributed by atoms with Crippen molar-refractivity contribution in [1.29, 1.82) is 0 Å². The zero-order valence-electron chi connectivity index (χ0n) is 9.19. The Morgan fingerprint density at radius 1 is 1.50 bits per heavy atom. The zero-order chi connectivity index (χ0) is 11.5. The van der Waals surface area contributed by atoms with Crippen LogP contribution in [-0.2, 0) is 4.74 Å². The SMILES string of the molecule is CCCOC(=O)c1ccc2c(C)noc2n1. The van der Waals surface area contributed by atoms with Crippen LogP contribution >= 0.6 is 0 Å². The first-order valence-electron chi connectivity index (χ1n) is 5.12. The molecule has 0 unspecified atom stereocenters. The molecule has 2 aromatic heterocycles. The van der Waals surface area contributed by atoms with E-state index in [1.807, 2.05) is 13.8 Å². The second-order valence-electron chi connectivity index (χ2n) is 3.45. The van der Waals surface area contributed by atoms with Gasteiger partial charge < -0.3 is 9.26 Å². The summed E-state index contributed by atoms with van der Waals surface area (Å²) in [6, 6.07) is 3.38. The largest absolute Gasteiger partial charge is 0.461 e. The third-order valence-electron chi connectivity index (χ3n) is 2.17. The van der Waals surface area contributed by atoms with Crippen LogP contribution in [0, 0.1) is 6.92 Å². The molecule has 2 aromatic rings. The Hall–Kier alpha value is -1.91. The number of carbonyl (C=O) groups excluding carboxylic acids is 1. The van der Waals surface area contributed by atoms with Gasteiger partial charge in [-0.2, -0.15) is 0 Å². The van der Waals surface area contributed by atoms with Gasteiger partial charge in [0.05, 0.1) is 17.7 Å². The van der Waals surface area contributed by atoms with Gasteiger partial charge in [-0.3, -0.25) is 0 Å². The minimum absolute atomic E-state index is 0.247. The Labute approximate surface area is 92.4 Å². The van der Waals surface area contributed by atoms with Gasteiger partial charge in [0, 0.05) is 0 Å². The molecule has 0 saturated heterocycles. The highest BCUT2D eigenvalue weighted by atomic mass is 16.5. The van der Waals surface area contributed by atoms with E-state index in [0.29, 0.717) is 12.3 Å². The summed E-state index contributed by atoms with van der Waals surface area (Å²) >= 11 is 0. The Morgan fingerprint density at radius 3 is 3.06 bits per heavy atom. The van der Waals surface area contributed by atoms with Crippen LogP contribution in [-0.4, -0.2) is 22.7 Å². The number of pyridine rings is 1. The Bertz CT molecular complexity index is 519. The monoisotopic (exact) mass is 220 g/mol. The number of aromatic nitrogens is 2. The summed E-state index contributed by atoms with van der Waals surface area (Å²) in [5.41, 5.74) is 1.37. The van der Waals surface area contributed by atoms with Gasteiger partial charge in [0.1, 0.15) is 0 Å². The molecule has 0 aliphatic rings. The Kier molecular flexibility index (Phi) is 2.85. The van der Waals surface area contributed by atoms with E-state index in [1.165, 1.54) is 0 Å².